The van der Waals surface area contributed by atoms with Crippen molar-refractivity contribution in [2.75, 3.05) is 20.8 Å². The molecule has 0 saturated carbocycles. The van der Waals surface area contributed by atoms with Crippen LogP contribution in [0.3, 0.4) is 0 Å². The van der Waals surface area contributed by atoms with Crippen molar-refractivity contribution in [3.05, 3.63) is 52.8 Å². The SMILES string of the molecule is COC(=O)Cn1c(=NC(=O)COc2ccc(C(C)C)cc2)sc2cc(OC)ccc21. The first-order chi connectivity index (χ1) is 14.4. The van der Waals surface area contributed by atoms with E-state index in [1.54, 1.807) is 17.7 Å². The third-order valence-corrected chi connectivity index (χ3v) is 5.58. The number of nitrogens with zero attached hydrogens (tertiary/aromatic N) is 2. The maximum absolute atomic E-state index is 12.4. The van der Waals surface area contributed by atoms with Crippen LogP contribution in [0, 0.1) is 0 Å². The molecule has 1 aromatic heterocycles. The van der Waals surface area contributed by atoms with Gasteiger partial charge in [0.05, 0.1) is 24.4 Å². The summed E-state index contributed by atoms with van der Waals surface area (Å²) in [5.74, 6) is 0.833. The Labute approximate surface area is 178 Å². The number of thiazole rings is 1. The van der Waals surface area contributed by atoms with Crippen LogP contribution in [0.1, 0.15) is 25.3 Å². The predicted molar refractivity (Wildman–Crippen MR) is 115 cm³/mol. The van der Waals surface area contributed by atoms with Gasteiger partial charge in [0.1, 0.15) is 18.0 Å². The molecule has 0 N–H and O–H groups in total. The van der Waals surface area contributed by atoms with Crippen molar-refractivity contribution in [2.45, 2.75) is 26.3 Å². The minimum absolute atomic E-state index is 0.0491. The fraction of sp³-hybridized carbons (Fsp3) is 0.318. The number of carbonyl (C=O) groups is 2. The van der Waals surface area contributed by atoms with Gasteiger partial charge in [0, 0.05) is 0 Å². The van der Waals surface area contributed by atoms with Crippen LogP contribution in [0.4, 0.5) is 0 Å². The summed E-state index contributed by atoms with van der Waals surface area (Å²) in [6.45, 7) is 3.98. The van der Waals surface area contributed by atoms with Crippen LogP contribution in [0.5, 0.6) is 11.5 Å². The van der Waals surface area contributed by atoms with Gasteiger partial charge in [-0.05, 0) is 41.8 Å². The van der Waals surface area contributed by atoms with Gasteiger partial charge in [-0.1, -0.05) is 37.3 Å². The monoisotopic (exact) mass is 428 g/mol. The van der Waals surface area contributed by atoms with E-state index in [1.165, 1.54) is 24.0 Å². The Balaban J connectivity index is 1.84. The smallest absolute Gasteiger partial charge is 0.325 e. The summed E-state index contributed by atoms with van der Waals surface area (Å²) in [6, 6.07) is 13.1. The number of fused-ring (bicyclic) bond motifs is 1. The molecule has 0 aliphatic carbocycles. The van der Waals surface area contributed by atoms with E-state index in [1.807, 2.05) is 36.4 Å². The average molecular weight is 429 g/mol. The lowest BCUT2D eigenvalue weighted by atomic mass is 10.0. The fourth-order valence-corrected chi connectivity index (χ4v) is 3.92. The molecule has 0 atom stereocenters. The first-order valence-corrected chi connectivity index (χ1v) is 10.3. The summed E-state index contributed by atoms with van der Waals surface area (Å²) in [4.78, 5) is 28.8. The Morgan fingerprint density at radius 3 is 2.40 bits per heavy atom. The topological polar surface area (TPSA) is 79.1 Å². The molecular formula is C22H24N2O5S. The van der Waals surface area contributed by atoms with Gasteiger partial charge in [0.2, 0.25) is 0 Å². The lowest BCUT2D eigenvalue weighted by Gasteiger charge is -2.07. The van der Waals surface area contributed by atoms with Crippen molar-refractivity contribution >= 4 is 33.4 Å². The number of aromatic nitrogens is 1. The van der Waals surface area contributed by atoms with Gasteiger partial charge in [-0.15, -0.1) is 0 Å². The summed E-state index contributed by atoms with van der Waals surface area (Å²) in [5, 5.41) is 0. The second-order valence-electron chi connectivity index (χ2n) is 6.90. The van der Waals surface area contributed by atoms with E-state index in [-0.39, 0.29) is 13.2 Å². The maximum Gasteiger partial charge on any atom is 0.325 e. The van der Waals surface area contributed by atoms with Gasteiger partial charge in [0.15, 0.2) is 11.4 Å². The number of ether oxygens (including phenoxy) is 3. The van der Waals surface area contributed by atoms with E-state index in [0.29, 0.717) is 22.2 Å². The highest BCUT2D eigenvalue weighted by Crippen LogP contribution is 2.23. The van der Waals surface area contributed by atoms with E-state index < -0.39 is 11.9 Å². The minimum Gasteiger partial charge on any atom is -0.497 e. The molecule has 7 nitrogen and oxygen atoms in total. The molecule has 30 heavy (non-hydrogen) atoms. The largest absolute Gasteiger partial charge is 0.497 e. The number of hydrogen-bond donors (Lipinski definition) is 0. The van der Waals surface area contributed by atoms with Crippen molar-refractivity contribution < 1.29 is 23.8 Å². The molecule has 0 spiro atoms. The summed E-state index contributed by atoms with van der Waals surface area (Å²) >= 11 is 1.29. The van der Waals surface area contributed by atoms with Crippen molar-refractivity contribution in [1.29, 1.82) is 0 Å². The van der Waals surface area contributed by atoms with Crippen LogP contribution in [-0.2, 0) is 20.9 Å². The van der Waals surface area contributed by atoms with Gasteiger partial charge in [-0.3, -0.25) is 9.59 Å². The quantitative estimate of drug-likeness (QED) is 0.538. The first-order valence-electron chi connectivity index (χ1n) is 9.45. The minimum atomic E-state index is -0.444. The number of benzene rings is 2. The highest BCUT2D eigenvalue weighted by molar-refractivity contribution is 7.16. The van der Waals surface area contributed by atoms with Crippen molar-refractivity contribution in [2.24, 2.45) is 4.99 Å². The zero-order valence-electron chi connectivity index (χ0n) is 17.4. The molecule has 0 aliphatic rings. The molecule has 0 fully saturated rings. The summed E-state index contributed by atoms with van der Waals surface area (Å²) < 4.78 is 18.1. The molecule has 0 aliphatic heterocycles. The van der Waals surface area contributed by atoms with Gasteiger partial charge in [0.25, 0.3) is 5.91 Å². The van der Waals surface area contributed by atoms with E-state index in [9.17, 15) is 9.59 Å². The molecule has 2 aromatic carbocycles. The molecule has 1 amide bonds. The normalized spacial score (nSPS) is 11.7. The number of rotatable bonds is 7. The predicted octanol–water partition coefficient (Wildman–Crippen LogP) is 3.51. The van der Waals surface area contributed by atoms with Crippen LogP contribution in [-0.4, -0.2) is 37.3 Å². The third kappa shape index (κ3) is 5.07. The zero-order valence-corrected chi connectivity index (χ0v) is 18.2. The molecule has 1 heterocycles. The average Bonchev–Trinajstić information content (AvgIpc) is 3.08. The summed E-state index contributed by atoms with van der Waals surface area (Å²) in [5.41, 5.74) is 1.96. The van der Waals surface area contributed by atoms with Gasteiger partial charge in [-0.25, -0.2) is 0 Å². The van der Waals surface area contributed by atoms with E-state index in [2.05, 4.69) is 18.8 Å². The van der Waals surface area contributed by atoms with Crippen LogP contribution in [0.15, 0.2) is 47.5 Å². The number of carbonyl (C=O) groups excluding carboxylic acids is 2. The Hall–Kier alpha value is -3.13. The Morgan fingerprint density at radius 1 is 1.07 bits per heavy atom. The molecule has 3 aromatic rings. The molecule has 0 saturated heterocycles. The second kappa shape index (κ2) is 9.58. The van der Waals surface area contributed by atoms with Crippen molar-refractivity contribution in [3.8, 4) is 11.5 Å². The fourth-order valence-electron chi connectivity index (χ4n) is 2.85. The van der Waals surface area contributed by atoms with E-state index >= 15 is 0 Å². The van der Waals surface area contributed by atoms with E-state index in [4.69, 9.17) is 14.2 Å². The molecule has 0 radical (unpaired) electrons. The molecule has 0 unspecified atom stereocenters. The van der Waals surface area contributed by atoms with E-state index in [0.717, 1.165) is 10.2 Å². The Bertz CT molecular complexity index is 1110. The maximum atomic E-state index is 12.4. The number of amides is 1. The Kier molecular flexibility index (Phi) is 6.89. The molecule has 8 heteroatoms. The first kappa shape index (κ1) is 21.6. The Morgan fingerprint density at radius 2 is 1.77 bits per heavy atom. The van der Waals surface area contributed by atoms with Crippen molar-refractivity contribution in [1.82, 2.24) is 4.57 Å². The number of methoxy groups -OCH3 is 2. The van der Waals surface area contributed by atoms with Gasteiger partial charge >= 0.3 is 5.97 Å². The third-order valence-electron chi connectivity index (χ3n) is 4.53. The van der Waals surface area contributed by atoms with Gasteiger partial charge in [-0.2, -0.15) is 4.99 Å². The van der Waals surface area contributed by atoms with Crippen LogP contribution < -0.4 is 14.3 Å². The molecule has 0 bridgehead atoms. The molecular weight excluding hydrogens is 404 g/mol. The van der Waals surface area contributed by atoms with Crippen LogP contribution in [0.2, 0.25) is 0 Å². The standard InChI is InChI=1S/C22H24N2O5S/c1-14(2)15-5-7-16(8-6-15)29-13-20(25)23-22-24(12-21(26)28-4)18-10-9-17(27-3)11-19(18)30-22/h5-11,14H,12-13H2,1-4H3. The lowest BCUT2D eigenvalue weighted by molar-refractivity contribution is -0.141. The van der Waals surface area contributed by atoms with Crippen LogP contribution in [0.25, 0.3) is 10.2 Å². The second-order valence-corrected chi connectivity index (χ2v) is 7.91. The highest BCUT2D eigenvalue weighted by atomic mass is 32.1. The molecule has 3 rings (SSSR count). The molecule has 158 valence electrons. The van der Waals surface area contributed by atoms with Crippen molar-refractivity contribution in [3.63, 3.8) is 0 Å². The highest BCUT2D eigenvalue weighted by Gasteiger charge is 2.13. The summed E-state index contributed by atoms with van der Waals surface area (Å²) in [6.07, 6.45) is 0. The van der Waals surface area contributed by atoms with Crippen LogP contribution >= 0.6 is 11.3 Å². The zero-order chi connectivity index (χ0) is 21.7. The van der Waals surface area contributed by atoms with Gasteiger partial charge < -0.3 is 18.8 Å². The lowest BCUT2D eigenvalue weighted by Crippen LogP contribution is -2.23. The summed E-state index contributed by atoms with van der Waals surface area (Å²) in [7, 11) is 2.90. The number of hydrogen-bond acceptors (Lipinski definition) is 6. The number of esters is 1.